The van der Waals surface area contributed by atoms with Gasteiger partial charge in [-0.15, -0.1) is 0 Å². The fourth-order valence-corrected chi connectivity index (χ4v) is 4.65. The molecule has 0 radical (unpaired) electrons. The predicted octanol–water partition coefficient (Wildman–Crippen LogP) is 0.804. The van der Waals surface area contributed by atoms with E-state index < -0.39 is 36.6 Å². The van der Waals surface area contributed by atoms with Gasteiger partial charge in [0.05, 0.1) is 78.3 Å². The van der Waals surface area contributed by atoms with Crippen LogP contribution in [-0.2, 0) is 57.2 Å². The second-order valence-corrected chi connectivity index (χ2v) is 11.8. The van der Waals surface area contributed by atoms with Crippen molar-refractivity contribution in [3.63, 3.8) is 0 Å². The van der Waals surface area contributed by atoms with Gasteiger partial charge in [-0.2, -0.15) is 0 Å². The van der Waals surface area contributed by atoms with Gasteiger partial charge in [-0.3, -0.25) is 0 Å². The smallest absolute Gasteiger partial charge is 0.104 e. The second-order valence-electron chi connectivity index (χ2n) is 11.8. The Morgan fingerprint density at radius 1 is 0.388 bits per heavy atom. The first-order valence-electron chi connectivity index (χ1n) is 16.4. The Kier molecular flexibility index (Phi) is 26.2. The van der Waals surface area contributed by atoms with Crippen LogP contribution in [0.1, 0.15) is 22.3 Å². The average Bonchev–Trinajstić information content (AvgIpc) is 3.06. The van der Waals surface area contributed by atoms with E-state index in [0.29, 0.717) is 26.1 Å². The molecule has 282 valence electrons. The van der Waals surface area contributed by atoms with E-state index in [9.17, 15) is 25.5 Å². The zero-order chi connectivity index (χ0) is 36.3. The first-order valence-corrected chi connectivity index (χ1v) is 16.4. The number of hydrogen-bond acceptors (Lipinski definition) is 13. The van der Waals surface area contributed by atoms with Crippen molar-refractivity contribution in [3.05, 3.63) is 70.8 Å². The van der Waals surface area contributed by atoms with Crippen LogP contribution in [0, 0.1) is 0 Å². The van der Waals surface area contributed by atoms with E-state index in [1.54, 1.807) is 14.2 Å². The van der Waals surface area contributed by atoms with E-state index in [1.165, 1.54) is 32.5 Å². The number of hydrogen-bond donors (Lipinski definition) is 5. The summed E-state index contributed by atoms with van der Waals surface area (Å²) in [6.07, 6.45) is -1.51. The quantitative estimate of drug-likeness (QED) is 0.0887. The summed E-state index contributed by atoms with van der Waals surface area (Å²) in [6.45, 7) is 1.82. The highest BCUT2D eigenvalue weighted by Gasteiger charge is 2.16. The molecular weight excluding hydrogens is 640 g/mol. The first kappa shape index (κ1) is 44.9. The van der Waals surface area contributed by atoms with Crippen molar-refractivity contribution in [2.45, 2.75) is 55.9 Å². The predicted molar refractivity (Wildman–Crippen MR) is 184 cm³/mol. The van der Waals surface area contributed by atoms with E-state index in [2.05, 4.69) is 48.5 Å². The molecule has 0 heterocycles. The highest BCUT2D eigenvalue weighted by molar-refractivity contribution is 5.31. The second kappa shape index (κ2) is 28.6. The molecule has 0 aliphatic rings. The number of ether oxygens (including phenoxy) is 8. The van der Waals surface area contributed by atoms with E-state index in [4.69, 9.17) is 37.9 Å². The topological polar surface area (TPSA) is 175 Å². The SMILES string of the molecule is COCC(O)COCC(COCC(O)COC)OCC(O)COC.COCC(O)Cc1ccc(Cc2ccc(CC(O)COC)cc2)cc1. The van der Waals surface area contributed by atoms with Crippen LogP contribution in [0.4, 0.5) is 0 Å². The van der Waals surface area contributed by atoms with Gasteiger partial charge in [0.1, 0.15) is 24.4 Å². The van der Waals surface area contributed by atoms with Gasteiger partial charge in [-0.25, -0.2) is 0 Å². The van der Waals surface area contributed by atoms with Gasteiger partial charge in [-0.05, 0) is 28.7 Å². The van der Waals surface area contributed by atoms with Gasteiger partial charge in [0, 0.05) is 48.4 Å². The van der Waals surface area contributed by atoms with Gasteiger partial charge in [0.15, 0.2) is 0 Å². The molecule has 13 nitrogen and oxygen atoms in total. The number of aliphatic hydroxyl groups excluding tert-OH is 5. The van der Waals surface area contributed by atoms with Crippen LogP contribution < -0.4 is 0 Å². The van der Waals surface area contributed by atoms with E-state index in [1.807, 2.05) is 0 Å². The van der Waals surface area contributed by atoms with Crippen LogP contribution in [0.5, 0.6) is 0 Å². The Labute approximate surface area is 291 Å². The molecule has 0 aliphatic heterocycles. The largest absolute Gasteiger partial charge is 0.390 e. The molecule has 5 unspecified atom stereocenters. The summed E-state index contributed by atoms with van der Waals surface area (Å²) in [4.78, 5) is 0. The molecule has 13 heteroatoms. The Morgan fingerprint density at radius 2 is 0.694 bits per heavy atom. The third kappa shape index (κ3) is 23.1. The van der Waals surface area contributed by atoms with E-state index in [-0.39, 0.29) is 52.9 Å². The zero-order valence-electron chi connectivity index (χ0n) is 29.8. The average molecular weight is 701 g/mol. The van der Waals surface area contributed by atoms with Crippen molar-refractivity contribution in [2.24, 2.45) is 0 Å². The maximum atomic E-state index is 9.78. The minimum atomic E-state index is -0.754. The molecule has 0 fully saturated rings. The van der Waals surface area contributed by atoms with Crippen LogP contribution in [-0.4, -0.2) is 164 Å². The number of methoxy groups -OCH3 is 5. The van der Waals surface area contributed by atoms with Crippen molar-refractivity contribution in [3.8, 4) is 0 Å². The number of rotatable bonds is 27. The van der Waals surface area contributed by atoms with Crippen molar-refractivity contribution >= 4 is 0 Å². The first-order chi connectivity index (χ1) is 23.6. The standard InChI is InChI=1S/C21H28O4.C15H32O9/c1-24-14-20(22)12-18-7-3-16(4-8-18)11-17-5-9-19(10-6-17)13-21(23)15-25-2;1-19-4-12(16)7-22-10-15(24-9-14(18)6-21-3)11-23-8-13(17)5-20-2/h3-10,20-23H,11-15H2,1-2H3;12-18H,4-11H2,1-3H3. The molecule has 0 spiro atoms. The molecule has 0 bridgehead atoms. The van der Waals surface area contributed by atoms with Crippen molar-refractivity contribution in [2.75, 3.05) is 102 Å². The molecule has 2 aromatic carbocycles. The Hall–Kier alpha value is -2.08. The molecule has 0 saturated carbocycles. The lowest BCUT2D eigenvalue weighted by Crippen LogP contribution is -2.34. The molecular formula is C36H60O13. The Balaban J connectivity index is 0.000000491. The number of benzene rings is 2. The lowest BCUT2D eigenvalue weighted by atomic mass is 9.99. The van der Waals surface area contributed by atoms with Crippen molar-refractivity contribution in [1.29, 1.82) is 0 Å². The van der Waals surface area contributed by atoms with Gasteiger partial charge in [-0.1, -0.05) is 48.5 Å². The minimum Gasteiger partial charge on any atom is -0.390 e. The summed E-state index contributed by atoms with van der Waals surface area (Å²) in [6, 6.07) is 16.6. The Bertz CT molecular complexity index is 951. The fourth-order valence-electron chi connectivity index (χ4n) is 4.65. The van der Waals surface area contributed by atoms with Gasteiger partial charge in [0.2, 0.25) is 0 Å². The summed E-state index contributed by atoms with van der Waals surface area (Å²) in [5.74, 6) is 0. The van der Waals surface area contributed by atoms with Crippen LogP contribution in [0.2, 0.25) is 0 Å². The molecule has 0 saturated heterocycles. The number of aliphatic hydroxyl groups is 5. The molecule has 5 N–H and O–H groups in total. The maximum Gasteiger partial charge on any atom is 0.104 e. The fraction of sp³-hybridized carbons (Fsp3) is 0.667. The highest BCUT2D eigenvalue weighted by atomic mass is 16.6. The summed E-state index contributed by atoms with van der Waals surface area (Å²) in [5.41, 5.74) is 4.68. The molecule has 49 heavy (non-hydrogen) atoms. The molecule has 5 atom stereocenters. The van der Waals surface area contributed by atoms with E-state index in [0.717, 1.165) is 17.5 Å². The molecule has 0 aliphatic carbocycles. The molecule has 2 aromatic rings. The molecule has 0 aromatic heterocycles. The summed E-state index contributed by atoms with van der Waals surface area (Å²) < 4.78 is 40.6. The highest BCUT2D eigenvalue weighted by Crippen LogP contribution is 2.14. The molecule has 2 rings (SSSR count). The van der Waals surface area contributed by atoms with Crippen molar-refractivity contribution < 1.29 is 63.4 Å². The van der Waals surface area contributed by atoms with Gasteiger partial charge < -0.3 is 63.4 Å². The monoisotopic (exact) mass is 700 g/mol. The normalized spacial score (nSPS) is 15.1. The molecule has 0 amide bonds. The summed E-state index contributed by atoms with van der Waals surface area (Å²) in [5, 5.41) is 48.2. The van der Waals surface area contributed by atoms with E-state index >= 15 is 0 Å². The summed E-state index contributed by atoms with van der Waals surface area (Å²) in [7, 11) is 7.66. The third-order valence-electron chi connectivity index (χ3n) is 6.94. The van der Waals surface area contributed by atoms with Crippen LogP contribution >= 0.6 is 0 Å². The maximum absolute atomic E-state index is 9.78. The summed E-state index contributed by atoms with van der Waals surface area (Å²) >= 11 is 0. The lowest BCUT2D eigenvalue weighted by Gasteiger charge is -2.21. The lowest BCUT2D eigenvalue weighted by molar-refractivity contribution is -0.108. The van der Waals surface area contributed by atoms with Crippen LogP contribution in [0.3, 0.4) is 0 Å². The van der Waals surface area contributed by atoms with Crippen molar-refractivity contribution in [1.82, 2.24) is 0 Å². The van der Waals surface area contributed by atoms with Crippen LogP contribution in [0.15, 0.2) is 48.5 Å². The third-order valence-corrected chi connectivity index (χ3v) is 6.94. The van der Waals surface area contributed by atoms with Gasteiger partial charge in [0.25, 0.3) is 0 Å². The minimum absolute atomic E-state index is 0.0620. The van der Waals surface area contributed by atoms with Gasteiger partial charge >= 0.3 is 0 Å². The zero-order valence-corrected chi connectivity index (χ0v) is 29.8. The van der Waals surface area contributed by atoms with Crippen LogP contribution in [0.25, 0.3) is 0 Å². The Morgan fingerprint density at radius 3 is 1.04 bits per heavy atom.